The Morgan fingerprint density at radius 1 is 1.78 bits per heavy atom. The highest BCUT2D eigenvalue weighted by Gasteiger charge is 1.93. The van der Waals surface area contributed by atoms with Crippen LogP contribution in [0.2, 0.25) is 0 Å². The number of rotatable bonds is 0. The summed E-state index contributed by atoms with van der Waals surface area (Å²) >= 11 is 7.94. The van der Waals surface area contributed by atoms with E-state index in [0.717, 1.165) is 0 Å². The first-order valence-electron chi connectivity index (χ1n) is 2.20. The molecule has 0 aliphatic rings. The van der Waals surface area contributed by atoms with E-state index in [2.05, 4.69) is 26.1 Å². The Labute approximate surface area is 65.4 Å². The maximum absolute atomic E-state index is 5.46. The summed E-state index contributed by atoms with van der Waals surface area (Å²) in [6.07, 6.45) is 1.50. The van der Waals surface area contributed by atoms with Gasteiger partial charge in [0, 0.05) is 0 Å². The van der Waals surface area contributed by atoms with Crippen molar-refractivity contribution in [1.29, 1.82) is 0 Å². The number of hydrogen-bond acceptors (Lipinski definition) is 3. The van der Waals surface area contributed by atoms with Crippen LogP contribution < -0.4 is 5.73 Å². The molecule has 3 nitrogen and oxygen atoms in total. The molecule has 0 spiro atoms. The van der Waals surface area contributed by atoms with Gasteiger partial charge in [-0.1, -0.05) is 12.2 Å². The molecule has 0 saturated heterocycles. The van der Waals surface area contributed by atoms with Crippen molar-refractivity contribution in [2.45, 2.75) is 0 Å². The van der Waals surface area contributed by atoms with E-state index in [-0.39, 0.29) is 0 Å². The molecule has 0 aliphatic carbocycles. The van der Waals surface area contributed by atoms with Crippen molar-refractivity contribution in [3.8, 4) is 0 Å². The molecule has 1 aromatic rings. The number of anilines is 1. The van der Waals surface area contributed by atoms with Crippen LogP contribution in [-0.4, -0.2) is 10.2 Å². The number of H-pyrrole nitrogens is 1. The highest BCUT2D eigenvalue weighted by Crippen LogP contribution is 2.14. The normalized spacial score (nSPS) is 9.44. The molecule has 0 bridgehead atoms. The summed E-state index contributed by atoms with van der Waals surface area (Å²) in [7, 11) is 0. The van der Waals surface area contributed by atoms with Gasteiger partial charge in [0.15, 0.2) is 0 Å². The average molecular weight is 206 g/mol. The van der Waals surface area contributed by atoms with Gasteiger partial charge in [0.1, 0.15) is 4.60 Å². The van der Waals surface area contributed by atoms with Crippen LogP contribution in [-0.2, 0) is 0 Å². The molecule has 0 radical (unpaired) electrons. The lowest BCUT2D eigenvalue weighted by atomic mass is 10.5. The first kappa shape index (κ1) is 6.70. The number of nitrogens with zero attached hydrogens (tertiary/aromatic N) is 1. The van der Waals surface area contributed by atoms with Crippen LogP contribution in [0.3, 0.4) is 0 Å². The van der Waals surface area contributed by atoms with Gasteiger partial charge in [-0.2, -0.15) is 5.10 Å². The monoisotopic (exact) mass is 205 g/mol. The van der Waals surface area contributed by atoms with E-state index in [1.807, 2.05) is 0 Å². The Bertz CT molecular complexity index is 269. The minimum atomic E-state index is 0.528. The van der Waals surface area contributed by atoms with Crippen molar-refractivity contribution in [2.24, 2.45) is 0 Å². The zero-order chi connectivity index (χ0) is 6.85. The first-order valence-corrected chi connectivity index (χ1v) is 3.40. The maximum Gasteiger partial charge on any atom is 0.123 e. The molecule has 0 aromatic carbocycles. The number of aromatic amines is 1. The molecule has 0 aliphatic heterocycles. The molecule has 1 heterocycles. The summed E-state index contributed by atoms with van der Waals surface area (Å²) in [6.45, 7) is 0. The van der Waals surface area contributed by atoms with Gasteiger partial charge in [-0.25, -0.2) is 0 Å². The molecule has 0 unspecified atom stereocenters. The lowest BCUT2D eigenvalue weighted by Gasteiger charge is -1.93. The van der Waals surface area contributed by atoms with Gasteiger partial charge < -0.3 is 5.73 Å². The molecule has 3 N–H and O–H groups in total. The van der Waals surface area contributed by atoms with Crippen molar-refractivity contribution in [2.75, 3.05) is 5.73 Å². The van der Waals surface area contributed by atoms with Crippen molar-refractivity contribution in [3.63, 3.8) is 0 Å². The van der Waals surface area contributed by atoms with Crippen molar-refractivity contribution >= 4 is 33.8 Å². The Morgan fingerprint density at radius 3 is 2.89 bits per heavy atom. The van der Waals surface area contributed by atoms with Gasteiger partial charge in [-0.15, -0.1) is 0 Å². The van der Waals surface area contributed by atoms with Crippen LogP contribution in [0.25, 0.3) is 0 Å². The van der Waals surface area contributed by atoms with Crippen LogP contribution in [0, 0.1) is 4.51 Å². The van der Waals surface area contributed by atoms with E-state index >= 15 is 0 Å². The zero-order valence-electron chi connectivity index (χ0n) is 4.39. The lowest BCUT2D eigenvalue weighted by molar-refractivity contribution is 1.00. The van der Waals surface area contributed by atoms with Crippen molar-refractivity contribution in [3.05, 3.63) is 15.3 Å². The van der Waals surface area contributed by atoms with Gasteiger partial charge in [-0.05, 0) is 15.9 Å². The molecule has 0 fully saturated rings. The highest BCUT2D eigenvalue weighted by molar-refractivity contribution is 9.10. The number of aromatic nitrogens is 2. The quantitative estimate of drug-likeness (QED) is 0.632. The standard InChI is InChI=1S/C4H4BrN3S/c5-4-3(6)2(9)1-7-8-4/h1H,(H2,6,7)(H,8,9). The highest BCUT2D eigenvalue weighted by atomic mass is 79.9. The fraction of sp³-hybridized carbons (Fsp3) is 0. The Morgan fingerprint density at radius 2 is 2.44 bits per heavy atom. The molecule has 9 heavy (non-hydrogen) atoms. The van der Waals surface area contributed by atoms with E-state index in [1.165, 1.54) is 6.20 Å². The molecule has 1 aromatic heterocycles. The van der Waals surface area contributed by atoms with Gasteiger partial charge >= 0.3 is 0 Å². The Kier molecular flexibility index (Phi) is 1.82. The molecule has 0 amide bonds. The predicted molar refractivity (Wildman–Crippen MR) is 41.5 cm³/mol. The molecular formula is C4H4BrN3S. The van der Waals surface area contributed by atoms with Crippen molar-refractivity contribution in [1.82, 2.24) is 10.2 Å². The van der Waals surface area contributed by atoms with E-state index in [1.54, 1.807) is 0 Å². The van der Waals surface area contributed by atoms with E-state index in [4.69, 9.17) is 18.0 Å². The van der Waals surface area contributed by atoms with E-state index in [0.29, 0.717) is 14.8 Å². The molecule has 0 atom stereocenters. The minimum Gasteiger partial charge on any atom is -0.395 e. The summed E-state index contributed by atoms with van der Waals surface area (Å²) in [5.74, 6) is 0. The summed E-state index contributed by atoms with van der Waals surface area (Å²) < 4.78 is 1.19. The summed E-state index contributed by atoms with van der Waals surface area (Å²) in [5.41, 5.74) is 5.99. The molecular weight excluding hydrogens is 202 g/mol. The fourth-order valence-electron chi connectivity index (χ4n) is 0.386. The van der Waals surface area contributed by atoms with Gasteiger partial charge in [0.2, 0.25) is 0 Å². The second-order valence-electron chi connectivity index (χ2n) is 1.46. The third kappa shape index (κ3) is 1.28. The number of nitrogen functional groups attached to an aromatic ring is 1. The second kappa shape index (κ2) is 2.45. The van der Waals surface area contributed by atoms with Crippen LogP contribution in [0.4, 0.5) is 5.69 Å². The van der Waals surface area contributed by atoms with Gasteiger partial charge in [-0.3, -0.25) is 5.10 Å². The molecule has 48 valence electrons. The number of nitrogens with one attached hydrogen (secondary N) is 1. The summed E-state index contributed by atoms with van der Waals surface area (Å²) in [6, 6.07) is 0. The molecule has 5 heteroatoms. The third-order valence-electron chi connectivity index (χ3n) is 0.846. The molecule has 0 saturated carbocycles. The Balaban J connectivity index is 3.43. The first-order chi connectivity index (χ1) is 4.22. The summed E-state index contributed by atoms with van der Waals surface area (Å²) in [5, 5.41) is 6.30. The third-order valence-corrected chi connectivity index (χ3v) is 1.78. The van der Waals surface area contributed by atoms with E-state index < -0.39 is 0 Å². The maximum atomic E-state index is 5.46. The number of halogens is 1. The minimum absolute atomic E-state index is 0.528. The fourth-order valence-corrected chi connectivity index (χ4v) is 0.987. The zero-order valence-corrected chi connectivity index (χ0v) is 6.79. The summed E-state index contributed by atoms with van der Waals surface area (Å²) in [4.78, 5) is 0. The SMILES string of the molecule is Nc1c(Br)[nH]ncc1=S. The number of hydrogen-bond donors (Lipinski definition) is 2. The van der Waals surface area contributed by atoms with Gasteiger partial charge in [0.25, 0.3) is 0 Å². The van der Waals surface area contributed by atoms with Crippen LogP contribution in [0.1, 0.15) is 0 Å². The lowest BCUT2D eigenvalue weighted by Crippen LogP contribution is -1.91. The number of nitrogens with two attached hydrogens (primary N) is 1. The van der Waals surface area contributed by atoms with Crippen LogP contribution in [0.15, 0.2) is 10.8 Å². The topological polar surface area (TPSA) is 54.7 Å². The molecule has 1 rings (SSSR count). The average Bonchev–Trinajstić information content (AvgIpc) is 1.83. The van der Waals surface area contributed by atoms with Crippen LogP contribution >= 0.6 is 28.1 Å². The second-order valence-corrected chi connectivity index (χ2v) is 2.69. The smallest absolute Gasteiger partial charge is 0.123 e. The predicted octanol–water partition coefficient (Wildman–Crippen LogP) is 1.48. The Hall–Kier alpha value is -0.420. The largest absolute Gasteiger partial charge is 0.395 e. The van der Waals surface area contributed by atoms with Crippen molar-refractivity contribution < 1.29 is 0 Å². The van der Waals surface area contributed by atoms with E-state index in [9.17, 15) is 0 Å². The van der Waals surface area contributed by atoms with Gasteiger partial charge in [0.05, 0.1) is 16.4 Å². The van der Waals surface area contributed by atoms with Crippen LogP contribution in [0.5, 0.6) is 0 Å².